The highest BCUT2D eigenvalue weighted by atomic mass is 19.1. The van der Waals surface area contributed by atoms with E-state index in [1.807, 2.05) is 36.4 Å². The fourth-order valence-electron chi connectivity index (χ4n) is 1.92. The summed E-state index contributed by atoms with van der Waals surface area (Å²) in [5.74, 6) is 0.0910. The normalized spacial score (nSPS) is 11.1. The maximum absolute atomic E-state index is 14.0. The van der Waals surface area contributed by atoms with Gasteiger partial charge in [-0.25, -0.2) is 4.39 Å². The lowest BCUT2D eigenvalue weighted by Crippen LogP contribution is -2.03. The van der Waals surface area contributed by atoms with Crippen molar-refractivity contribution in [3.8, 4) is 5.69 Å². The van der Waals surface area contributed by atoms with E-state index in [-0.39, 0.29) is 5.82 Å². The van der Waals surface area contributed by atoms with Gasteiger partial charge in [0.25, 0.3) is 0 Å². The quantitative estimate of drug-likeness (QED) is 0.739. The number of halogens is 1. The van der Waals surface area contributed by atoms with E-state index in [4.69, 9.17) is 0 Å². The average Bonchev–Trinajstić information content (AvgIpc) is 2.98. The van der Waals surface area contributed by atoms with E-state index in [1.54, 1.807) is 31.2 Å². The lowest BCUT2D eigenvalue weighted by molar-refractivity contribution is 0.584. The SMILES string of the molecule is Cc1cccc(-n2nnc(C=Cc3ccccc3)n2)c1F. The third kappa shape index (κ3) is 2.86. The number of benzene rings is 2. The minimum atomic E-state index is -0.339. The lowest BCUT2D eigenvalue weighted by atomic mass is 10.2. The molecule has 0 N–H and O–H groups in total. The number of tetrazole rings is 1. The Labute approximate surface area is 121 Å². The summed E-state index contributed by atoms with van der Waals surface area (Å²) in [4.78, 5) is 1.20. The van der Waals surface area contributed by atoms with Gasteiger partial charge < -0.3 is 0 Å². The van der Waals surface area contributed by atoms with Gasteiger partial charge in [0.1, 0.15) is 5.69 Å². The summed E-state index contributed by atoms with van der Waals surface area (Å²) in [7, 11) is 0. The minimum absolute atomic E-state index is 0.293. The predicted molar refractivity (Wildman–Crippen MR) is 79.2 cm³/mol. The Kier molecular flexibility index (Phi) is 3.55. The highest BCUT2D eigenvalue weighted by Gasteiger charge is 2.09. The number of aryl methyl sites for hydroxylation is 1. The van der Waals surface area contributed by atoms with Crippen LogP contribution in [-0.4, -0.2) is 20.2 Å². The van der Waals surface area contributed by atoms with E-state index >= 15 is 0 Å². The van der Waals surface area contributed by atoms with Crippen molar-refractivity contribution in [2.24, 2.45) is 0 Å². The van der Waals surface area contributed by atoms with Gasteiger partial charge in [-0.3, -0.25) is 0 Å². The summed E-state index contributed by atoms with van der Waals surface area (Å²) in [5, 5.41) is 12.0. The van der Waals surface area contributed by atoms with Crippen LogP contribution in [-0.2, 0) is 0 Å². The first kappa shape index (κ1) is 13.2. The van der Waals surface area contributed by atoms with Crippen molar-refractivity contribution < 1.29 is 4.39 Å². The average molecular weight is 280 g/mol. The van der Waals surface area contributed by atoms with Crippen molar-refractivity contribution in [3.63, 3.8) is 0 Å². The molecule has 0 spiro atoms. The van der Waals surface area contributed by atoms with Crippen molar-refractivity contribution in [2.45, 2.75) is 6.92 Å². The Balaban J connectivity index is 1.87. The summed E-state index contributed by atoms with van der Waals surface area (Å²) in [6, 6.07) is 14.9. The van der Waals surface area contributed by atoms with Crippen LogP contribution < -0.4 is 0 Å². The Morgan fingerprint density at radius 2 is 1.81 bits per heavy atom. The second-order valence-electron chi connectivity index (χ2n) is 4.59. The molecule has 5 heteroatoms. The number of aromatic nitrogens is 4. The zero-order valence-electron chi connectivity index (χ0n) is 11.4. The van der Waals surface area contributed by atoms with Crippen LogP contribution in [0.15, 0.2) is 48.5 Å². The van der Waals surface area contributed by atoms with E-state index in [0.717, 1.165) is 5.56 Å². The number of hydrogen-bond donors (Lipinski definition) is 0. The molecule has 0 unspecified atom stereocenters. The van der Waals surface area contributed by atoms with Crippen LogP contribution in [0.4, 0.5) is 4.39 Å². The Morgan fingerprint density at radius 3 is 2.62 bits per heavy atom. The zero-order chi connectivity index (χ0) is 14.7. The fourth-order valence-corrected chi connectivity index (χ4v) is 1.92. The van der Waals surface area contributed by atoms with Crippen molar-refractivity contribution in [2.75, 3.05) is 0 Å². The van der Waals surface area contributed by atoms with Crippen LogP contribution in [0.2, 0.25) is 0 Å². The van der Waals surface area contributed by atoms with Crippen LogP contribution >= 0.6 is 0 Å². The predicted octanol–water partition coefficient (Wildman–Crippen LogP) is 3.28. The molecule has 3 aromatic rings. The molecule has 2 aromatic carbocycles. The molecule has 21 heavy (non-hydrogen) atoms. The van der Waals surface area contributed by atoms with Gasteiger partial charge in [0, 0.05) is 0 Å². The Morgan fingerprint density at radius 1 is 1.00 bits per heavy atom. The highest BCUT2D eigenvalue weighted by Crippen LogP contribution is 2.14. The van der Waals surface area contributed by atoms with Gasteiger partial charge in [-0.05, 0) is 35.4 Å². The lowest BCUT2D eigenvalue weighted by Gasteiger charge is -2.02. The third-order valence-corrected chi connectivity index (χ3v) is 3.04. The maximum atomic E-state index is 14.0. The topological polar surface area (TPSA) is 43.6 Å². The first-order valence-electron chi connectivity index (χ1n) is 6.53. The van der Waals surface area contributed by atoms with Gasteiger partial charge in [0.2, 0.25) is 0 Å². The van der Waals surface area contributed by atoms with Gasteiger partial charge in [-0.1, -0.05) is 48.5 Å². The van der Waals surface area contributed by atoms with Crippen LogP contribution in [0, 0.1) is 12.7 Å². The van der Waals surface area contributed by atoms with Crippen LogP contribution in [0.25, 0.3) is 17.8 Å². The molecule has 0 saturated carbocycles. The zero-order valence-corrected chi connectivity index (χ0v) is 11.4. The van der Waals surface area contributed by atoms with E-state index in [2.05, 4.69) is 15.4 Å². The Bertz CT molecular complexity index is 778. The maximum Gasteiger partial charge on any atom is 0.198 e. The van der Waals surface area contributed by atoms with Crippen LogP contribution in [0.5, 0.6) is 0 Å². The molecular weight excluding hydrogens is 267 g/mol. The highest BCUT2D eigenvalue weighted by molar-refractivity contribution is 5.66. The molecule has 0 atom stereocenters. The molecule has 0 saturated heterocycles. The molecule has 1 heterocycles. The second kappa shape index (κ2) is 5.66. The summed E-state index contributed by atoms with van der Waals surface area (Å²) < 4.78 is 14.0. The third-order valence-electron chi connectivity index (χ3n) is 3.04. The molecule has 0 bridgehead atoms. The van der Waals surface area contributed by atoms with Crippen molar-refractivity contribution in [1.82, 2.24) is 20.2 Å². The number of nitrogens with zero attached hydrogens (tertiary/aromatic N) is 4. The summed E-state index contributed by atoms with van der Waals surface area (Å²) >= 11 is 0. The van der Waals surface area contributed by atoms with Crippen molar-refractivity contribution in [3.05, 3.63) is 71.3 Å². The standard InChI is InChI=1S/C16H13FN4/c1-12-6-5-9-14(16(12)17)21-19-15(18-20-21)11-10-13-7-3-2-4-8-13/h2-11H,1H3. The summed E-state index contributed by atoms with van der Waals surface area (Å²) in [6.07, 6.45) is 3.63. The molecule has 0 amide bonds. The first-order valence-corrected chi connectivity index (χ1v) is 6.53. The number of hydrogen-bond acceptors (Lipinski definition) is 3. The van der Waals surface area contributed by atoms with Crippen molar-refractivity contribution >= 4 is 12.2 Å². The molecule has 1 aromatic heterocycles. The molecule has 4 nitrogen and oxygen atoms in total. The number of rotatable bonds is 3. The summed E-state index contributed by atoms with van der Waals surface area (Å²) in [6.45, 7) is 1.70. The second-order valence-corrected chi connectivity index (χ2v) is 4.59. The monoisotopic (exact) mass is 280 g/mol. The molecule has 0 aliphatic heterocycles. The molecular formula is C16H13FN4. The molecule has 0 radical (unpaired) electrons. The van der Waals surface area contributed by atoms with Gasteiger partial charge in [0.15, 0.2) is 11.6 Å². The minimum Gasteiger partial charge on any atom is -0.204 e. The molecule has 3 rings (SSSR count). The largest absolute Gasteiger partial charge is 0.204 e. The smallest absolute Gasteiger partial charge is 0.198 e. The molecule has 0 aliphatic carbocycles. The molecule has 0 aliphatic rings. The van der Waals surface area contributed by atoms with Crippen LogP contribution in [0.3, 0.4) is 0 Å². The van der Waals surface area contributed by atoms with Gasteiger partial charge in [-0.15, -0.1) is 15.0 Å². The fraction of sp³-hybridized carbons (Fsp3) is 0.0625. The van der Waals surface area contributed by atoms with Crippen LogP contribution in [0.1, 0.15) is 17.0 Å². The van der Waals surface area contributed by atoms with Crippen molar-refractivity contribution in [1.29, 1.82) is 0 Å². The van der Waals surface area contributed by atoms with Gasteiger partial charge in [-0.2, -0.15) is 0 Å². The van der Waals surface area contributed by atoms with E-state index < -0.39 is 0 Å². The Hall–Kier alpha value is -2.82. The summed E-state index contributed by atoms with van der Waals surface area (Å²) in [5.41, 5.74) is 1.88. The van der Waals surface area contributed by atoms with E-state index in [9.17, 15) is 4.39 Å². The van der Waals surface area contributed by atoms with E-state index in [0.29, 0.717) is 17.1 Å². The molecule has 104 valence electrons. The first-order chi connectivity index (χ1) is 10.2. The van der Waals surface area contributed by atoms with Gasteiger partial charge in [0.05, 0.1) is 0 Å². The van der Waals surface area contributed by atoms with E-state index in [1.165, 1.54) is 4.80 Å². The van der Waals surface area contributed by atoms with Gasteiger partial charge >= 0.3 is 0 Å². The molecule has 0 fully saturated rings.